The number of aliphatic carboxylic acids is 2. The molecule has 0 aromatic carbocycles. The lowest BCUT2D eigenvalue weighted by molar-refractivity contribution is -0.134. The highest BCUT2D eigenvalue weighted by atomic mass is 32.2. The van der Waals surface area contributed by atoms with Gasteiger partial charge >= 0.3 is 11.9 Å². The molecule has 0 saturated carbocycles. The lowest BCUT2D eigenvalue weighted by Crippen LogP contribution is -2.03. The smallest absolute Gasteiger partial charge is 0.313 e. The monoisotopic (exact) mass is 370 g/mol. The third-order valence-corrected chi connectivity index (χ3v) is 6.40. The van der Waals surface area contributed by atoms with Crippen molar-refractivity contribution in [2.75, 3.05) is 11.5 Å². The maximum atomic E-state index is 10.9. The first-order valence-corrected chi connectivity index (χ1v) is 9.85. The molecule has 0 aliphatic heterocycles. The largest absolute Gasteiger partial charge is 0.481 e. The van der Waals surface area contributed by atoms with E-state index in [4.69, 9.17) is 10.2 Å². The van der Waals surface area contributed by atoms with Gasteiger partial charge in [0.15, 0.2) is 5.16 Å². The normalized spacial score (nSPS) is 13.9. The number of nitrogens with zero attached hydrogens (tertiary/aromatic N) is 2. The second-order valence-electron chi connectivity index (χ2n) is 5.07. The molecule has 23 heavy (non-hydrogen) atoms. The fourth-order valence-electron chi connectivity index (χ4n) is 2.53. The number of rotatable bonds is 6. The van der Waals surface area contributed by atoms with Crippen LogP contribution in [0, 0.1) is 0 Å². The van der Waals surface area contributed by atoms with Gasteiger partial charge in [-0.25, -0.2) is 9.97 Å². The minimum absolute atomic E-state index is 0.0697. The van der Waals surface area contributed by atoms with Gasteiger partial charge < -0.3 is 10.2 Å². The van der Waals surface area contributed by atoms with Crippen LogP contribution in [0.2, 0.25) is 0 Å². The minimum atomic E-state index is -0.927. The van der Waals surface area contributed by atoms with E-state index in [1.165, 1.54) is 22.2 Å². The van der Waals surface area contributed by atoms with Crippen molar-refractivity contribution in [3.63, 3.8) is 0 Å². The van der Waals surface area contributed by atoms with Crippen molar-refractivity contribution in [1.82, 2.24) is 9.97 Å². The standard InChI is InChI=1S/C14H14N2O4S3/c17-9(18)5-21-12-11-7-3-1-2-4-8(7)23-13(11)16-14(15-12)22-6-10(19)20/h1-6H2,(H,17,18)(H,19,20). The summed E-state index contributed by atoms with van der Waals surface area (Å²) in [4.78, 5) is 32.7. The average molecular weight is 370 g/mol. The summed E-state index contributed by atoms with van der Waals surface area (Å²) in [5.41, 5.74) is 1.25. The summed E-state index contributed by atoms with van der Waals surface area (Å²) in [6, 6.07) is 0. The molecule has 0 fully saturated rings. The highest BCUT2D eigenvalue weighted by Crippen LogP contribution is 2.40. The molecular formula is C14H14N2O4S3. The van der Waals surface area contributed by atoms with E-state index in [0.717, 1.165) is 47.7 Å². The molecule has 0 unspecified atom stereocenters. The van der Waals surface area contributed by atoms with Gasteiger partial charge in [-0.3, -0.25) is 9.59 Å². The second kappa shape index (κ2) is 7.06. The van der Waals surface area contributed by atoms with Gasteiger partial charge in [-0.15, -0.1) is 11.3 Å². The lowest BCUT2D eigenvalue weighted by Gasteiger charge is -2.11. The molecule has 0 radical (unpaired) electrons. The number of fused-ring (bicyclic) bond motifs is 3. The number of hydrogen-bond acceptors (Lipinski definition) is 7. The van der Waals surface area contributed by atoms with E-state index in [-0.39, 0.29) is 11.5 Å². The number of carboxylic acid groups (broad SMARTS) is 2. The summed E-state index contributed by atoms with van der Waals surface area (Å²) in [5.74, 6) is -2.01. The molecule has 6 nitrogen and oxygen atoms in total. The van der Waals surface area contributed by atoms with E-state index >= 15 is 0 Å². The van der Waals surface area contributed by atoms with E-state index in [1.807, 2.05) is 0 Å². The number of carboxylic acids is 2. The Morgan fingerprint density at radius 1 is 1.04 bits per heavy atom. The highest BCUT2D eigenvalue weighted by molar-refractivity contribution is 8.00. The number of thiophene rings is 1. The Morgan fingerprint density at radius 3 is 2.48 bits per heavy atom. The van der Waals surface area contributed by atoms with Gasteiger partial charge in [-0.1, -0.05) is 23.5 Å². The van der Waals surface area contributed by atoms with Crippen molar-refractivity contribution < 1.29 is 19.8 Å². The summed E-state index contributed by atoms with van der Waals surface area (Å²) < 4.78 is 0. The van der Waals surface area contributed by atoms with Crippen LogP contribution in [0.1, 0.15) is 23.3 Å². The van der Waals surface area contributed by atoms with Crippen LogP contribution < -0.4 is 0 Å². The van der Waals surface area contributed by atoms with Gasteiger partial charge in [-0.2, -0.15) is 0 Å². The summed E-state index contributed by atoms with van der Waals surface area (Å²) in [7, 11) is 0. The zero-order valence-electron chi connectivity index (χ0n) is 12.1. The van der Waals surface area contributed by atoms with Crippen molar-refractivity contribution in [3.05, 3.63) is 10.4 Å². The fraction of sp³-hybridized carbons (Fsp3) is 0.429. The molecule has 0 saturated heterocycles. The molecule has 0 amide bonds. The molecule has 3 rings (SSSR count). The topological polar surface area (TPSA) is 100 Å². The van der Waals surface area contributed by atoms with Crippen LogP contribution >= 0.6 is 34.9 Å². The van der Waals surface area contributed by atoms with E-state index in [1.54, 1.807) is 11.3 Å². The maximum absolute atomic E-state index is 10.9. The first kappa shape index (κ1) is 16.5. The zero-order valence-corrected chi connectivity index (χ0v) is 14.5. The number of thioether (sulfide) groups is 2. The van der Waals surface area contributed by atoms with Gasteiger partial charge in [-0.05, 0) is 31.2 Å². The van der Waals surface area contributed by atoms with E-state index < -0.39 is 11.9 Å². The number of hydrogen-bond donors (Lipinski definition) is 2. The molecule has 2 heterocycles. The zero-order chi connectivity index (χ0) is 16.4. The fourth-order valence-corrected chi connectivity index (χ4v) is 5.31. The molecule has 9 heteroatoms. The Balaban J connectivity index is 2.03. The summed E-state index contributed by atoms with van der Waals surface area (Å²) in [5, 5.41) is 19.8. The lowest BCUT2D eigenvalue weighted by atomic mass is 9.97. The quantitative estimate of drug-likeness (QED) is 0.455. The average Bonchev–Trinajstić information content (AvgIpc) is 2.89. The first-order valence-electron chi connectivity index (χ1n) is 7.06. The highest BCUT2D eigenvalue weighted by Gasteiger charge is 2.22. The van der Waals surface area contributed by atoms with Crippen molar-refractivity contribution in [2.45, 2.75) is 35.9 Å². The van der Waals surface area contributed by atoms with Crippen molar-refractivity contribution in [1.29, 1.82) is 0 Å². The summed E-state index contributed by atoms with van der Waals surface area (Å²) in [6.45, 7) is 0. The van der Waals surface area contributed by atoms with Crippen LogP contribution in [0.5, 0.6) is 0 Å². The van der Waals surface area contributed by atoms with E-state index in [2.05, 4.69) is 9.97 Å². The predicted molar refractivity (Wildman–Crippen MR) is 90.8 cm³/mol. The minimum Gasteiger partial charge on any atom is -0.481 e. The van der Waals surface area contributed by atoms with Crippen molar-refractivity contribution in [3.8, 4) is 0 Å². The number of aromatic nitrogens is 2. The Morgan fingerprint density at radius 2 is 1.74 bits per heavy atom. The summed E-state index contributed by atoms with van der Waals surface area (Å²) in [6.07, 6.45) is 4.28. The molecule has 122 valence electrons. The van der Waals surface area contributed by atoms with Gasteiger partial charge in [0.2, 0.25) is 0 Å². The Kier molecular flexibility index (Phi) is 5.08. The third kappa shape index (κ3) is 3.78. The Bertz CT molecular complexity index is 775. The first-order chi connectivity index (χ1) is 11.0. The molecule has 2 N–H and O–H groups in total. The van der Waals surface area contributed by atoms with E-state index in [0.29, 0.717) is 10.2 Å². The molecule has 1 aliphatic carbocycles. The predicted octanol–water partition coefficient (Wildman–Crippen LogP) is 2.92. The van der Waals surface area contributed by atoms with Gasteiger partial charge in [0.1, 0.15) is 9.86 Å². The van der Waals surface area contributed by atoms with Crippen LogP contribution in [0.3, 0.4) is 0 Å². The molecule has 1 aliphatic rings. The molecule has 2 aromatic heterocycles. The van der Waals surface area contributed by atoms with Crippen LogP contribution in [0.4, 0.5) is 0 Å². The molecule has 0 atom stereocenters. The van der Waals surface area contributed by atoms with Gasteiger partial charge in [0, 0.05) is 10.3 Å². The molecule has 0 bridgehead atoms. The number of carbonyl (C=O) groups is 2. The molecule has 2 aromatic rings. The maximum Gasteiger partial charge on any atom is 0.313 e. The molecule has 0 spiro atoms. The summed E-state index contributed by atoms with van der Waals surface area (Å²) >= 11 is 3.86. The van der Waals surface area contributed by atoms with Crippen LogP contribution in [-0.4, -0.2) is 43.6 Å². The third-order valence-electron chi connectivity index (χ3n) is 3.42. The Labute approximate surface area is 144 Å². The number of aryl methyl sites for hydroxylation is 2. The van der Waals surface area contributed by atoms with E-state index in [9.17, 15) is 9.59 Å². The van der Waals surface area contributed by atoms with Crippen molar-refractivity contribution >= 4 is 57.0 Å². The van der Waals surface area contributed by atoms with Crippen LogP contribution in [-0.2, 0) is 22.4 Å². The van der Waals surface area contributed by atoms with Gasteiger partial charge in [0.05, 0.1) is 11.5 Å². The SMILES string of the molecule is O=C(O)CSc1nc(SCC(=O)O)c2c3c(sc2n1)CCCC3. The van der Waals surface area contributed by atoms with Crippen LogP contribution in [0.25, 0.3) is 10.2 Å². The Hall–Kier alpha value is -1.32. The molecular weight excluding hydrogens is 356 g/mol. The second-order valence-corrected chi connectivity index (χ2v) is 8.06. The van der Waals surface area contributed by atoms with Gasteiger partial charge in [0.25, 0.3) is 0 Å². The van der Waals surface area contributed by atoms with Crippen molar-refractivity contribution in [2.24, 2.45) is 0 Å². The van der Waals surface area contributed by atoms with Crippen LogP contribution in [0.15, 0.2) is 10.2 Å².